The highest BCUT2D eigenvalue weighted by Crippen LogP contribution is 2.20. The van der Waals surface area contributed by atoms with Crippen LogP contribution in [-0.2, 0) is 17.3 Å². The largest absolute Gasteiger partial charge is 0.312 e. The quantitative estimate of drug-likeness (QED) is 0.812. The van der Waals surface area contributed by atoms with Gasteiger partial charge in [0.05, 0.1) is 0 Å². The molecule has 90 valence electrons. The van der Waals surface area contributed by atoms with E-state index in [1.54, 1.807) is 12.1 Å². The van der Waals surface area contributed by atoms with Crippen molar-refractivity contribution in [1.82, 2.24) is 5.32 Å². The Bertz CT molecular complexity index is 371. The highest BCUT2D eigenvalue weighted by atomic mass is 35.5. The first kappa shape index (κ1) is 14.0. The zero-order valence-corrected chi connectivity index (χ0v) is 11.5. The molecule has 0 heterocycles. The van der Waals surface area contributed by atoms with Crippen LogP contribution < -0.4 is 5.32 Å². The Labute approximate surface area is 109 Å². The molecule has 1 aromatic carbocycles. The predicted molar refractivity (Wildman–Crippen MR) is 71.7 cm³/mol. The van der Waals surface area contributed by atoms with Crippen LogP contribution in [0, 0.1) is 0 Å². The van der Waals surface area contributed by atoms with Crippen LogP contribution in [0.5, 0.6) is 0 Å². The molecule has 0 fully saturated rings. The van der Waals surface area contributed by atoms with Gasteiger partial charge >= 0.3 is 0 Å². The van der Waals surface area contributed by atoms with Crippen molar-refractivity contribution in [2.24, 2.45) is 0 Å². The molecule has 1 aromatic rings. The Kier molecular flexibility index (Phi) is 6.36. The summed E-state index contributed by atoms with van der Waals surface area (Å²) in [5, 5.41) is 4.58. The van der Waals surface area contributed by atoms with Crippen LogP contribution in [0.15, 0.2) is 18.2 Å². The lowest BCUT2D eigenvalue weighted by atomic mass is 10.2. The van der Waals surface area contributed by atoms with E-state index in [4.69, 9.17) is 23.2 Å². The van der Waals surface area contributed by atoms with Crippen LogP contribution in [0.3, 0.4) is 0 Å². The summed E-state index contributed by atoms with van der Waals surface area (Å²) in [6.07, 6.45) is 0. The molecule has 0 amide bonds. The summed E-state index contributed by atoms with van der Waals surface area (Å²) in [6, 6.07) is 5.39. The van der Waals surface area contributed by atoms with Gasteiger partial charge in [-0.3, -0.25) is 4.21 Å². The molecule has 1 rings (SSSR count). The minimum Gasteiger partial charge on any atom is -0.312 e. The van der Waals surface area contributed by atoms with E-state index in [1.807, 2.05) is 13.0 Å². The number of rotatable bonds is 6. The second-order valence-corrected chi connectivity index (χ2v) is 6.05. The smallest absolute Gasteiger partial charge is 0.0451 e. The maximum absolute atomic E-state index is 11.2. The second-order valence-electron chi connectivity index (χ2n) is 3.35. The first-order valence-corrected chi connectivity index (χ1v) is 7.37. The monoisotopic (exact) mass is 279 g/mol. The van der Waals surface area contributed by atoms with Gasteiger partial charge in [-0.15, -0.1) is 0 Å². The predicted octanol–water partition coefficient (Wildman–Crippen LogP) is 2.85. The van der Waals surface area contributed by atoms with Gasteiger partial charge in [-0.05, 0) is 23.8 Å². The summed E-state index contributed by atoms with van der Waals surface area (Å²) >= 11 is 11.9. The number of benzene rings is 1. The Balaban J connectivity index is 2.37. The average molecular weight is 280 g/mol. The molecule has 2 nitrogen and oxygen atoms in total. The summed E-state index contributed by atoms with van der Waals surface area (Å²) in [7, 11) is -0.716. The van der Waals surface area contributed by atoms with E-state index < -0.39 is 10.8 Å². The van der Waals surface area contributed by atoms with Crippen molar-refractivity contribution >= 4 is 34.0 Å². The number of hydrogen-bond acceptors (Lipinski definition) is 2. The molecule has 0 saturated heterocycles. The standard InChI is InChI=1S/C11H15Cl2NOS/c1-2-16(15)6-5-14-8-9-7-10(12)3-4-11(9)13/h3-4,7,14H,2,5-6,8H2,1H3. The van der Waals surface area contributed by atoms with Crippen molar-refractivity contribution in [3.63, 3.8) is 0 Å². The third kappa shape index (κ3) is 4.83. The van der Waals surface area contributed by atoms with Gasteiger partial charge in [-0.1, -0.05) is 30.1 Å². The highest BCUT2D eigenvalue weighted by molar-refractivity contribution is 7.84. The van der Waals surface area contributed by atoms with E-state index in [-0.39, 0.29) is 0 Å². The minimum absolute atomic E-state index is 0.653. The molecule has 0 aliphatic heterocycles. The summed E-state index contributed by atoms with van der Waals surface area (Å²) in [5.41, 5.74) is 0.969. The molecule has 0 radical (unpaired) electrons. The Morgan fingerprint density at radius 3 is 2.81 bits per heavy atom. The van der Waals surface area contributed by atoms with Gasteiger partial charge in [0.1, 0.15) is 0 Å². The van der Waals surface area contributed by atoms with E-state index in [0.29, 0.717) is 28.1 Å². The lowest BCUT2D eigenvalue weighted by molar-refractivity contribution is 0.674. The number of hydrogen-bond donors (Lipinski definition) is 1. The molecule has 1 N–H and O–H groups in total. The Morgan fingerprint density at radius 2 is 2.12 bits per heavy atom. The van der Waals surface area contributed by atoms with Crippen molar-refractivity contribution in [2.75, 3.05) is 18.1 Å². The molecule has 0 aliphatic carbocycles. The molecule has 0 spiro atoms. The molecule has 5 heteroatoms. The van der Waals surface area contributed by atoms with Crippen molar-refractivity contribution < 1.29 is 4.21 Å². The van der Waals surface area contributed by atoms with Crippen LogP contribution in [0.2, 0.25) is 10.0 Å². The lowest BCUT2D eigenvalue weighted by Gasteiger charge is -2.06. The third-order valence-electron chi connectivity index (χ3n) is 2.15. The van der Waals surface area contributed by atoms with Crippen LogP contribution in [0.1, 0.15) is 12.5 Å². The molecule has 0 bridgehead atoms. The minimum atomic E-state index is -0.716. The van der Waals surface area contributed by atoms with Gasteiger partial charge in [-0.2, -0.15) is 0 Å². The lowest BCUT2D eigenvalue weighted by Crippen LogP contribution is -2.20. The first-order valence-electron chi connectivity index (χ1n) is 5.13. The topological polar surface area (TPSA) is 29.1 Å². The zero-order valence-electron chi connectivity index (χ0n) is 9.13. The molecule has 0 aliphatic rings. The molecule has 0 aromatic heterocycles. The Morgan fingerprint density at radius 1 is 1.38 bits per heavy atom. The second kappa shape index (κ2) is 7.28. The summed E-state index contributed by atoms with van der Waals surface area (Å²) in [6.45, 7) is 3.30. The molecule has 1 atom stereocenters. The van der Waals surface area contributed by atoms with Gasteiger partial charge in [0.2, 0.25) is 0 Å². The maximum atomic E-state index is 11.2. The van der Waals surface area contributed by atoms with Gasteiger partial charge in [-0.25, -0.2) is 0 Å². The highest BCUT2D eigenvalue weighted by Gasteiger charge is 2.01. The van der Waals surface area contributed by atoms with Crippen LogP contribution >= 0.6 is 23.2 Å². The normalized spacial score (nSPS) is 12.7. The van der Waals surface area contributed by atoms with Gasteiger partial charge in [0.15, 0.2) is 0 Å². The van der Waals surface area contributed by atoms with Crippen LogP contribution in [0.25, 0.3) is 0 Å². The maximum Gasteiger partial charge on any atom is 0.0451 e. The van der Waals surface area contributed by atoms with Crippen LogP contribution in [-0.4, -0.2) is 22.3 Å². The number of nitrogens with one attached hydrogen (secondary N) is 1. The van der Waals surface area contributed by atoms with E-state index >= 15 is 0 Å². The summed E-state index contributed by atoms with van der Waals surface area (Å²) < 4.78 is 11.2. The average Bonchev–Trinajstić information content (AvgIpc) is 2.28. The van der Waals surface area contributed by atoms with Gasteiger partial charge in [0, 0.05) is 45.4 Å². The first-order chi connectivity index (χ1) is 7.63. The van der Waals surface area contributed by atoms with E-state index in [2.05, 4.69) is 5.32 Å². The molecule has 1 unspecified atom stereocenters. The fourth-order valence-electron chi connectivity index (χ4n) is 1.23. The molecule has 0 saturated carbocycles. The van der Waals surface area contributed by atoms with E-state index in [1.165, 1.54) is 0 Å². The fraction of sp³-hybridized carbons (Fsp3) is 0.455. The van der Waals surface area contributed by atoms with E-state index in [0.717, 1.165) is 12.1 Å². The fourth-order valence-corrected chi connectivity index (χ4v) is 2.27. The van der Waals surface area contributed by atoms with Crippen molar-refractivity contribution in [3.8, 4) is 0 Å². The van der Waals surface area contributed by atoms with Crippen LogP contribution in [0.4, 0.5) is 0 Å². The van der Waals surface area contributed by atoms with Gasteiger partial charge in [0.25, 0.3) is 0 Å². The summed E-state index contributed by atoms with van der Waals surface area (Å²) in [4.78, 5) is 0. The molecule has 16 heavy (non-hydrogen) atoms. The molecular weight excluding hydrogens is 265 g/mol. The Hall–Kier alpha value is -0.0900. The van der Waals surface area contributed by atoms with Crippen molar-refractivity contribution in [3.05, 3.63) is 33.8 Å². The van der Waals surface area contributed by atoms with Crippen molar-refractivity contribution in [1.29, 1.82) is 0 Å². The zero-order chi connectivity index (χ0) is 12.0. The SMILES string of the molecule is CCS(=O)CCNCc1cc(Cl)ccc1Cl. The van der Waals surface area contributed by atoms with E-state index in [9.17, 15) is 4.21 Å². The molecular formula is C11H15Cl2NOS. The van der Waals surface area contributed by atoms with Gasteiger partial charge < -0.3 is 5.32 Å². The summed E-state index contributed by atoms with van der Waals surface area (Å²) in [5.74, 6) is 1.38. The number of halogens is 2. The third-order valence-corrected chi connectivity index (χ3v) is 4.06. The van der Waals surface area contributed by atoms with Crippen molar-refractivity contribution in [2.45, 2.75) is 13.5 Å².